The molecule has 1 saturated heterocycles. The molecule has 0 spiro atoms. The molecule has 1 fully saturated rings. The molecule has 9 nitrogen and oxygen atoms in total. The van der Waals surface area contributed by atoms with Crippen molar-refractivity contribution >= 4 is 18.0 Å². The molecule has 1 amide bonds. The van der Waals surface area contributed by atoms with Crippen LogP contribution in [0.2, 0.25) is 0 Å². The summed E-state index contributed by atoms with van der Waals surface area (Å²) in [4.78, 5) is 25.1. The van der Waals surface area contributed by atoms with Gasteiger partial charge in [0.25, 0.3) is 0 Å². The van der Waals surface area contributed by atoms with Crippen LogP contribution in [0.3, 0.4) is 0 Å². The molecule has 0 aromatic rings. The van der Waals surface area contributed by atoms with Crippen molar-refractivity contribution in [2.75, 3.05) is 19.8 Å². The summed E-state index contributed by atoms with van der Waals surface area (Å²) in [7, 11) is 0. The molecule has 0 radical (unpaired) electrons. The Morgan fingerprint density at radius 1 is 1.25 bits per heavy atom. The van der Waals surface area contributed by atoms with Crippen LogP contribution in [0.1, 0.15) is 66.2 Å². The van der Waals surface area contributed by atoms with Crippen molar-refractivity contribution in [1.29, 1.82) is 5.41 Å². The smallest absolute Gasteiger partial charge is 0.408 e. The number of hydrogen-bond acceptors (Lipinski definition) is 6. The summed E-state index contributed by atoms with van der Waals surface area (Å²) < 4.78 is 16.2. The van der Waals surface area contributed by atoms with Gasteiger partial charge >= 0.3 is 12.1 Å². The van der Waals surface area contributed by atoms with E-state index in [4.69, 9.17) is 25.4 Å². The third-order valence-corrected chi connectivity index (χ3v) is 4.20. The fourth-order valence-electron chi connectivity index (χ4n) is 3.02. The van der Waals surface area contributed by atoms with Crippen LogP contribution < -0.4 is 11.1 Å². The van der Waals surface area contributed by atoms with Gasteiger partial charge in [-0.3, -0.25) is 10.2 Å². The number of nitrogens with one attached hydrogen (secondary N) is 2. The summed E-state index contributed by atoms with van der Waals surface area (Å²) in [6.07, 6.45) is 3.23. The second-order valence-corrected chi connectivity index (χ2v) is 7.85. The van der Waals surface area contributed by atoms with Gasteiger partial charge in [0.1, 0.15) is 5.60 Å². The van der Waals surface area contributed by atoms with E-state index in [2.05, 4.69) is 5.32 Å². The average molecular weight is 401 g/mol. The lowest BCUT2D eigenvalue weighted by Gasteiger charge is -2.41. The molecule has 9 heteroatoms. The largest absolute Gasteiger partial charge is 0.466 e. The number of nitrogens with two attached hydrogens (primary N) is 1. The molecule has 2 atom stereocenters. The first-order valence-corrected chi connectivity index (χ1v) is 10.0. The van der Waals surface area contributed by atoms with Crippen LogP contribution >= 0.6 is 0 Å². The molecule has 0 aromatic carbocycles. The zero-order chi connectivity index (χ0) is 21.2. The number of nitrogens with zero attached hydrogens (tertiary/aromatic N) is 1. The average Bonchev–Trinajstić information content (AvgIpc) is 2.57. The number of rotatable bonds is 9. The highest BCUT2D eigenvalue weighted by Crippen LogP contribution is 2.20. The van der Waals surface area contributed by atoms with Crippen LogP contribution in [-0.2, 0) is 19.0 Å². The van der Waals surface area contributed by atoms with Crippen molar-refractivity contribution < 1.29 is 23.8 Å². The number of hydrogen-bond donors (Lipinski definition) is 3. The van der Waals surface area contributed by atoms with Gasteiger partial charge < -0.3 is 30.2 Å². The monoisotopic (exact) mass is 400 g/mol. The first kappa shape index (κ1) is 24.0. The molecule has 4 N–H and O–H groups in total. The molecule has 0 aliphatic carbocycles. The van der Waals surface area contributed by atoms with Crippen molar-refractivity contribution in [2.45, 2.75) is 84.1 Å². The second-order valence-electron chi connectivity index (χ2n) is 7.85. The van der Waals surface area contributed by atoms with Gasteiger partial charge in [-0.05, 0) is 53.4 Å². The molecule has 0 bridgehead atoms. The second kappa shape index (κ2) is 11.7. The molecule has 0 saturated carbocycles. The zero-order valence-corrected chi connectivity index (χ0v) is 17.6. The van der Waals surface area contributed by atoms with Crippen molar-refractivity contribution in [2.24, 2.45) is 5.73 Å². The van der Waals surface area contributed by atoms with Gasteiger partial charge in [0.15, 0.2) is 12.2 Å². The molecule has 162 valence electrons. The molecular weight excluding hydrogens is 364 g/mol. The maximum atomic E-state index is 12.1. The summed E-state index contributed by atoms with van der Waals surface area (Å²) in [6.45, 7) is 8.66. The van der Waals surface area contributed by atoms with Crippen LogP contribution in [0.25, 0.3) is 0 Å². The van der Waals surface area contributed by atoms with E-state index in [1.165, 1.54) is 0 Å². The van der Waals surface area contributed by atoms with Crippen LogP contribution in [0.15, 0.2) is 0 Å². The predicted molar refractivity (Wildman–Crippen MR) is 106 cm³/mol. The minimum atomic E-state index is -0.589. The van der Waals surface area contributed by atoms with Gasteiger partial charge in [-0.15, -0.1) is 0 Å². The van der Waals surface area contributed by atoms with E-state index in [9.17, 15) is 9.59 Å². The topological polar surface area (TPSA) is 127 Å². The summed E-state index contributed by atoms with van der Waals surface area (Å²) in [5.74, 6) is -0.261. The van der Waals surface area contributed by atoms with Gasteiger partial charge in [0, 0.05) is 19.6 Å². The lowest BCUT2D eigenvalue weighted by atomic mass is 10.0. The first-order chi connectivity index (χ1) is 13.1. The SMILES string of the molecule is CCOC(=O)CCCCCOC1[C@@H](NC(=O)OC(C)(C)C)CCCN1C(=N)N. The van der Waals surface area contributed by atoms with Crippen LogP contribution in [0, 0.1) is 5.41 Å². The molecule has 1 rings (SSSR count). The van der Waals surface area contributed by atoms with E-state index >= 15 is 0 Å². The number of alkyl carbamates (subject to hydrolysis) is 1. The summed E-state index contributed by atoms with van der Waals surface area (Å²) >= 11 is 0. The number of carbonyl (C=O) groups is 2. The van der Waals surface area contributed by atoms with E-state index in [0.717, 1.165) is 32.1 Å². The highest BCUT2D eigenvalue weighted by Gasteiger charge is 2.35. The summed E-state index contributed by atoms with van der Waals surface area (Å²) in [6, 6.07) is -0.313. The third kappa shape index (κ3) is 9.25. The van der Waals surface area contributed by atoms with Crippen molar-refractivity contribution in [3.05, 3.63) is 0 Å². The lowest BCUT2D eigenvalue weighted by molar-refractivity contribution is -0.143. The highest BCUT2D eigenvalue weighted by atomic mass is 16.6. The van der Waals surface area contributed by atoms with Gasteiger partial charge in [-0.1, -0.05) is 6.42 Å². The van der Waals surface area contributed by atoms with E-state index in [1.54, 1.807) is 32.6 Å². The molecule has 1 heterocycles. The minimum Gasteiger partial charge on any atom is -0.466 e. The number of ether oxygens (including phenoxy) is 3. The van der Waals surface area contributed by atoms with Crippen molar-refractivity contribution in [3.63, 3.8) is 0 Å². The molecule has 0 aromatic heterocycles. The third-order valence-electron chi connectivity index (χ3n) is 4.20. The van der Waals surface area contributed by atoms with Crippen molar-refractivity contribution in [3.8, 4) is 0 Å². The number of esters is 1. The number of guanidine groups is 1. The first-order valence-electron chi connectivity index (χ1n) is 10.0. The minimum absolute atomic E-state index is 0.0806. The van der Waals surface area contributed by atoms with E-state index in [-0.39, 0.29) is 18.0 Å². The van der Waals surface area contributed by atoms with Crippen molar-refractivity contribution in [1.82, 2.24) is 10.2 Å². The molecular formula is C19H36N4O5. The van der Waals surface area contributed by atoms with Crippen LogP contribution in [0.4, 0.5) is 4.79 Å². The fraction of sp³-hybridized carbons (Fsp3) is 0.842. The number of piperidine rings is 1. The van der Waals surface area contributed by atoms with E-state index in [1.807, 2.05) is 0 Å². The normalized spacial score (nSPS) is 19.8. The van der Waals surface area contributed by atoms with Crippen LogP contribution in [0.5, 0.6) is 0 Å². The van der Waals surface area contributed by atoms with Crippen LogP contribution in [-0.4, -0.2) is 60.6 Å². The predicted octanol–water partition coefficient (Wildman–Crippen LogP) is 2.34. The molecule has 1 aliphatic heterocycles. The highest BCUT2D eigenvalue weighted by molar-refractivity contribution is 5.75. The van der Waals surface area contributed by atoms with Gasteiger partial charge in [0.2, 0.25) is 0 Å². The summed E-state index contributed by atoms with van der Waals surface area (Å²) in [5, 5.41) is 10.6. The fourth-order valence-corrected chi connectivity index (χ4v) is 3.02. The van der Waals surface area contributed by atoms with Gasteiger partial charge in [0.05, 0.1) is 12.6 Å². The summed E-state index contributed by atoms with van der Waals surface area (Å²) in [5.41, 5.74) is 5.11. The van der Waals surface area contributed by atoms with E-state index < -0.39 is 17.9 Å². The van der Waals surface area contributed by atoms with E-state index in [0.29, 0.717) is 26.2 Å². The molecule has 1 aliphatic rings. The number of likely N-dealkylation sites (tertiary alicyclic amines) is 1. The molecule has 1 unspecified atom stereocenters. The number of amides is 1. The Balaban J connectivity index is 2.51. The maximum Gasteiger partial charge on any atom is 0.408 e. The Labute approximate surface area is 167 Å². The Hall–Kier alpha value is -2.03. The van der Waals surface area contributed by atoms with Gasteiger partial charge in [-0.25, -0.2) is 4.79 Å². The maximum absolute atomic E-state index is 12.1. The Morgan fingerprint density at radius 3 is 2.57 bits per heavy atom. The quantitative estimate of drug-likeness (QED) is 0.235. The Bertz CT molecular complexity index is 521. The zero-order valence-electron chi connectivity index (χ0n) is 17.6. The number of carbonyl (C=O) groups excluding carboxylic acids is 2. The Kier molecular flexibility index (Phi) is 10.1. The van der Waals surface area contributed by atoms with Gasteiger partial charge in [-0.2, -0.15) is 0 Å². The number of unbranched alkanes of at least 4 members (excludes halogenated alkanes) is 2. The Morgan fingerprint density at radius 2 is 1.96 bits per heavy atom. The lowest BCUT2D eigenvalue weighted by Crippen LogP contribution is -2.60. The molecule has 28 heavy (non-hydrogen) atoms. The standard InChI is InChI=1S/C19H36N4O5/c1-5-26-15(24)11-7-6-8-13-27-16-14(10-9-12-23(16)17(20)21)22-18(25)28-19(2,3)4/h14,16H,5-13H2,1-4H3,(H3,20,21)(H,22,25)/t14-,16?/m0/s1.